The molecule has 3 rings (SSSR count). The monoisotopic (exact) mass is 430 g/mol. The largest absolute Gasteiger partial charge is 0.497 e. The molecule has 3 aromatic rings. The first-order valence-electron chi connectivity index (χ1n) is 8.52. The molecule has 0 fully saturated rings. The lowest BCUT2D eigenvalue weighted by Crippen LogP contribution is -2.19. The Kier molecular flexibility index (Phi) is 6.14. The molecule has 29 heavy (non-hydrogen) atoms. The molecule has 0 saturated heterocycles. The molecule has 0 bridgehead atoms. The molecule has 8 heteroatoms. The number of benzene rings is 2. The number of hydrogen-bond donors (Lipinski definition) is 0. The summed E-state index contributed by atoms with van der Waals surface area (Å²) < 4.78 is 35.4. The fourth-order valence-corrected chi connectivity index (χ4v) is 5.11. The fraction of sp³-hybridized carbons (Fsp3) is 0.143. The number of sulfone groups is 1. The van der Waals surface area contributed by atoms with Gasteiger partial charge in [-0.05, 0) is 53.4 Å². The number of hydrogen-bond acceptors (Lipinski definition) is 7. The molecule has 6 nitrogen and oxygen atoms in total. The highest BCUT2D eigenvalue weighted by Gasteiger charge is 2.22. The molecule has 0 unspecified atom stereocenters. The maximum atomic E-state index is 12.6. The molecule has 150 valence electrons. The van der Waals surface area contributed by atoms with Crippen LogP contribution in [0.15, 0.2) is 64.3 Å². The van der Waals surface area contributed by atoms with E-state index in [2.05, 4.69) is 0 Å². The van der Waals surface area contributed by atoms with Gasteiger partial charge in [-0.1, -0.05) is 29.5 Å². The summed E-state index contributed by atoms with van der Waals surface area (Å²) in [5, 5.41) is 0.593. The number of methoxy groups -OCH3 is 2. The average Bonchev–Trinajstić information content (AvgIpc) is 2.71. The van der Waals surface area contributed by atoms with E-state index in [4.69, 9.17) is 9.47 Å². The van der Waals surface area contributed by atoms with E-state index in [9.17, 15) is 18.0 Å². The first-order valence-corrected chi connectivity index (χ1v) is 11.0. The Bertz CT molecular complexity index is 1240. The molecule has 1 heterocycles. The summed E-state index contributed by atoms with van der Waals surface area (Å²) in [7, 11) is -1.01. The highest BCUT2D eigenvalue weighted by Crippen LogP contribution is 2.25. The number of rotatable bonds is 7. The van der Waals surface area contributed by atoms with Gasteiger partial charge in [-0.3, -0.25) is 9.59 Å². The second-order valence-electron chi connectivity index (χ2n) is 6.13. The van der Waals surface area contributed by atoms with Gasteiger partial charge in [0.05, 0.1) is 14.2 Å². The van der Waals surface area contributed by atoms with Gasteiger partial charge in [-0.15, -0.1) is 0 Å². The van der Waals surface area contributed by atoms with Crippen LogP contribution in [0.3, 0.4) is 0 Å². The second-order valence-corrected chi connectivity index (χ2v) is 9.11. The highest BCUT2D eigenvalue weighted by atomic mass is 32.2. The molecule has 0 spiro atoms. The van der Waals surface area contributed by atoms with E-state index >= 15 is 0 Å². The summed E-state index contributed by atoms with van der Waals surface area (Å²) in [4.78, 5) is 24.2. The van der Waals surface area contributed by atoms with Crippen molar-refractivity contribution in [1.29, 1.82) is 0 Å². The minimum Gasteiger partial charge on any atom is -0.497 e. The zero-order chi connectivity index (χ0) is 21.0. The molecule has 0 atom stereocenters. The number of ketones is 1. The normalized spacial score (nSPS) is 11.7. The van der Waals surface area contributed by atoms with Gasteiger partial charge < -0.3 is 9.47 Å². The van der Waals surface area contributed by atoms with Crippen molar-refractivity contribution in [3.63, 3.8) is 0 Å². The molecule has 0 amide bonds. The molecule has 0 aliphatic rings. The average molecular weight is 431 g/mol. The van der Waals surface area contributed by atoms with Crippen LogP contribution < -0.4 is 14.2 Å². The molecular weight excluding hydrogens is 412 g/mol. The van der Waals surface area contributed by atoms with E-state index in [1.807, 2.05) is 0 Å². The zero-order valence-electron chi connectivity index (χ0n) is 15.7. The van der Waals surface area contributed by atoms with Gasteiger partial charge in [0, 0.05) is 4.70 Å². The minimum absolute atomic E-state index is 0.369. The Morgan fingerprint density at radius 1 is 1.00 bits per heavy atom. The van der Waals surface area contributed by atoms with Crippen LogP contribution in [0.1, 0.15) is 5.56 Å². The molecule has 0 aliphatic heterocycles. The van der Waals surface area contributed by atoms with Crippen LogP contribution in [0.2, 0.25) is 0 Å². The minimum atomic E-state index is -4.07. The van der Waals surface area contributed by atoms with Crippen molar-refractivity contribution in [2.24, 2.45) is 0 Å². The standard InChI is InChI=1S/C21H18O6S2/c1-26-17-8-4-14(5-9-17)3-7-16(22)13-29(24,25)20-11-15-6-10-18(27-2)12-19(15)28-21(20)23/h3-12H,13H2,1-2H3/b7-3-. The predicted octanol–water partition coefficient (Wildman–Crippen LogP) is 3.33. The number of ether oxygens (including phenoxy) is 2. The topological polar surface area (TPSA) is 86.7 Å². The maximum Gasteiger partial charge on any atom is 0.251 e. The first-order chi connectivity index (χ1) is 13.8. The quantitative estimate of drug-likeness (QED) is 0.535. The molecular formula is C21H18O6S2. The lowest BCUT2D eigenvalue weighted by atomic mass is 10.2. The first kappa shape index (κ1) is 20.8. The van der Waals surface area contributed by atoms with E-state index in [0.29, 0.717) is 21.6 Å². The number of fused-ring (bicyclic) bond motifs is 1. The van der Waals surface area contributed by atoms with Crippen LogP contribution in [0.5, 0.6) is 11.5 Å². The van der Waals surface area contributed by atoms with E-state index in [1.165, 1.54) is 25.3 Å². The van der Waals surface area contributed by atoms with Crippen molar-refractivity contribution < 1.29 is 22.7 Å². The van der Waals surface area contributed by atoms with Gasteiger partial charge in [-0.2, -0.15) is 0 Å². The number of carbonyl (C=O) groups excluding carboxylic acids is 1. The summed E-state index contributed by atoms with van der Waals surface area (Å²) in [5.74, 6) is -0.139. The summed E-state index contributed by atoms with van der Waals surface area (Å²) >= 11 is 0.810. The Balaban J connectivity index is 1.82. The van der Waals surface area contributed by atoms with Crippen molar-refractivity contribution in [2.75, 3.05) is 20.0 Å². The second kappa shape index (κ2) is 8.59. The van der Waals surface area contributed by atoms with Gasteiger partial charge >= 0.3 is 0 Å². The van der Waals surface area contributed by atoms with E-state index in [1.54, 1.807) is 49.6 Å². The summed E-state index contributed by atoms with van der Waals surface area (Å²) in [6, 6.07) is 13.3. The molecule has 2 aromatic carbocycles. The number of allylic oxidation sites excluding steroid dienone is 1. The van der Waals surface area contributed by atoms with Crippen LogP contribution in [-0.4, -0.2) is 34.2 Å². The Morgan fingerprint density at radius 2 is 1.66 bits per heavy atom. The third-order valence-electron chi connectivity index (χ3n) is 4.16. The molecule has 0 saturated carbocycles. The summed E-state index contributed by atoms with van der Waals surface area (Å²) in [6.45, 7) is 0. The Morgan fingerprint density at radius 3 is 2.31 bits per heavy atom. The van der Waals surface area contributed by atoms with Crippen LogP contribution in [0, 0.1) is 0 Å². The third kappa shape index (κ3) is 4.90. The van der Waals surface area contributed by atoms with E-state index in [-0.39, 0.29) is 4.90 Å². The Labute approximate surface area is 171 Å². The van der Waals surface area contributed by atoms with Gasteiger partial charge in [0.2, 0.25) is 0 Å². The van der Waals surface area contributed by atoms with E-state index in [0.717, 1.165) is 16.9 Å². The zero-order valence-corrected chi connectivity index (χ0v) is 17.4. The van der Waals surface area contributed by atoms with Crippen molar-refractivity contribution in [1.82, 2.24) is 0 Å². The van der Waals surface area contributed by atoms with Crippen LogP contribution in [0.4, 0.5) is 0 Å². The van der Waals surface area contributed by atoms with Crippen LogP contribution in [-0.2, 0) is 14.6 Å². The number of carbonyl (C=O) groups is 1. The van der Waals surface area contributed by atoms with Crippen molar-refractivity contribution in [2.45, 2.75) is 4.90 Å². The van der Waals surface area contributed by atoms with Gasteiger partial charge in [0.25, 0.3) is 4.74 Å². The van der Waals surface area contributed by atoms with Crippen LogP contribution >= 0.6 is 11.3 Å². The maximum absolute atomic E-state index is 12.6. The molecule has 1 aromatic heterocycles. The van der Waals surface area contributed by atoms with Gasteiger partial charge in [0.15, 0.2) is 15.6 Å². The Hall–Kier alpha value is -2.97. The lowest BCUT2D eigenvalue weighted by Gasteiger charge is -2.05. The van der Waals surface area contributed by atoms with Gasteiger partial charge in [0.1, 0.15) is 22.1 Å². The van der Waals surface area contributed by atoms with E-state index < -0.39 is 26.1 Å². The third-order valence-corrected chi connectivity index (χ3v) is 6.90. The molecule has 0 N–H and O–H groups in total. The highest BCUT2D eigenvalue weighted by molar-refractivity contribution is 7.92. The van der Waals surface area contributed by atoms with Crippen molar-refractivity contribution >= 4 is 43.1 Å². The molecule has 0 aliphatic carbocycles. The predicted molar refractivity (Wildman–Crippen MR) is 114 cm³/mol. The molecule has 0 radical (unpaired) electrons. The lowest BCUT2D eigenvalue weighted by molar-refractivity contribution is -0.112. The fourth-order valence-electron chi connectivity index (χ4n) is 2.63. The van der Waals surface area contributed by atoms with Crippen molar-refractivity contribution in [3.8, 4) is 11.5 Å². The van der Waals surface area contributed by atoms with Gasteiger partial charge in [-0.25, -0.2) is 8.42 Å². The van der Waals surface area contributed by atoms with Crippen LogP contribution in [0.25, 0.3) is 16.2 Å². The smallest absolute Gasteiger partial charge is 0.251 e. The summed E-state index contributed by atoms with van der Waals surface area (Å²) in [5.41, 5.74) is 0.725. The van der Waals surface area contributed by atoms with Crippen molar-refractivity contribution in [3.05, 3.63) is 69.7 Å². The summed E-state index contributed by atoms with van der Waals surface area (Å²) in [6.07, 6.45) is 2.71. The SMILES string of the molecule is COc1ccc(/C=C\C(=O)CS(=O)(=O)c2cc3ccc(OC)cc3sc2=O)cc1.